The number of hydrogen-bond donors (Lipinski definition) is 2. The number of carboxylic acid groups (broad SMARTS) is 1. The molecule has 106 valence electrons. The fourth-order valence-electron chi connectivity index (χ4n) is 2.14. The Bertz CT molecular complexity index is 686. The number of rotatable bonds is 5. The van der Waals surface area contributed by atoms with Gasteiger partial charge in [-0.3, -0.25) is 0 Å². The van der Waals surface area contributed by atoms with Gasteiger partial charge in [-0.15, -0.1) is 22.7 Å². The van der Waals surface area contributed by atoms with E-state index in [-0.39, 0.29) is 11.6 Å². The van der Waals surface area contributed by atoms with Crippen LogP contribution in [0.15, 0.2) is 59.3 Å². The van der Waals surface area contributed by atoms with Crippen molar-refractivity contribution in [3.05, 3.63) is 74.6 Å². The number of hydrogen-bond acceptors (Lipinski definition) is 4. The van der Waals surface area contributed by atoms with Gasteiger partial charge in [0.05, 0.1) is 11.6 Å². The molecular weight excluding hydrogens is 302 g/mol. The Hall–Kier alpha value is -2.11. The molecule has 0 radical (unpaired) electrons. The molecule has 0 saturated heterocycles. The molecule has 2 aromatic heterocycles. The van der Waals surface area contributed by atoms with Crippen LogP contribution in [0.5, 0.6) is 0 Å². The van der Waals surface area contributed by atoms with Gasteiger partial charge in [0.25, 0.3) is 0 Å². The van der Waals surface area contributed by atoms with Crippen LogP contribution < -0.4 is 5.32 Å². The van der Waals surface area contributed by atoms with E-state index in [0.717, 1.165) is 9.75 Å². The summed E-state index contributed by atoms with van der Waals surface area (Å²) in [7, 11) is 0. The zero-order valence-corrected chi connectivity index (χ0v) is 12.7. The van der Waals surface area contributed by atoms with Crippen molar-refractivity contribution in [3.8, 4) is 0 Å². The molecular formula is C16H13NO2S2. The van der Waals surface area contributed by atoms with Gasteiger partial charge in [-0.1, -0.05) is 24.3 Å². The topological polar surface area (TPSA) is 49.3 Å². The highest BCUT2D eigenvalue weighted by atomic mass is 32.1. The third-order valence-corrected chi connectivity index (χ3v) is 4.99. The maximum atomic E-state index is 11.3. The largest absolute Gasteiger partial charge is 0.478 e. The predicted molar refractivity (Wildman–Crippen MR) is 87.5 cm³/mol. The van der Waals surface area contributed by atoms with E-state index in [0.29, 0.717) is 5.69 Å². The summed E-state index contributed by atoms with van der Waals surface area (Å²) in [6.07, 6.45) is 0. The summed E-state index contributed by atoms with van der Waals surface area (Å²) in [5.41, 5.74) is 0.924. The van der Waals surface area contributed by atoms with Crippen LogP contribution in [-0.2, 0) is 0 Å². The van der Waals surface area contributed by atoms with Crippen LogP contribution in [0.1, 0.15) is 26.2 Å². The summed E-state index contributed by atoms with van der Waals surface area (Å²) in [5, 5.41) is 16.7. The Morgan fingerprint density at radius 2 is 1.57 bits per heavy atom. The lowest BCUT2D eigenvalue weighted by Crippen LogP contribution is -2.12. The van der Waals surface area contributed by atoms with Crippen LogP contribution >= 0.6 is 22.7 Å². The molecule has 3 nitrogen and oxygen atoms in total. The minimum absolute atomic E-state index is 0.0227. The van der Waals surface area contributed by atoms with Gasteiger partial charge in [0.2, 0.25) is 0 Å². The van der Waals surface area contributed by atoms with Crippen molar-refractivity contribution in [3.63, 3.8) is 0 Å². The molecule has 2 N–H and O–H groups in total. The Kier molecular flexibility index (Phi) is 4.03. The molecule has 21 heavy (non-hydrogen) atoms. The minimum Gasteiger partial charge on any atom is -0.478 e. The number of nitrogens with one attached hydrogen (secondary N) is 1. The quantitative estimate of drug-likeness (QED) is 0.717. The van der Waals surface area contributed by atoms with Crippen LogP contribution in [0.4, 0.5) is 5.69 Å². The molecule has 2 heterocycles. The highest BCUT2D eigenvalue weighted by Crippen LogP contribution is 2.33. The van der Waals surface area contributed by atoms with Crippen molar-refractivity contribution < 1.29 is 9.90 Å². The van der Waals surface area contributed by atoms with Crippen LogP contribution in [0.2, 0.25) is 0 Å². The second kappa shape index (κ2) is 6.11. The number of benzene rings is 1. The number of thiophene rings is 2. The lowest BCUT2D eigenvalue weighted by Gasteiger charge is -2.19. The maximum Gasteiger partial charge on any atom is 0.337 e. The van der Waals surface area contributed by atoms with E-state index >= 15 is 0 Å². The van der Waals surface area contributed by atoms with E-state index in [1.54, 1.807) is 40.9 Å². The third kappa shape index (κ3) is 2.99. The summed E-state index contributed by atoms with van der Waals surface area (Å²) in [6, 6.07) is 15.1. The number of carboxylic acids is 1. The molecule has 0 saturated carbocycles. The van der Waals surface area contributed by atoms with Crippen LogP contribution in [0.3, 0.4) is 0 Å². The van der Waals surface area contributed by atoms with Gasteiger partial charge >= 0.3 is 5.97 Å². The van der Waals surface area contributed by atoms with Gasteiger partial charge in [-0.2, -0.15) is 0 Å². The molecule has 3 aromatic rings. The highest BCUT2D eigenvalue weighted by Gasteiger charge is 2.19. The maximum absolute atomic E-state index is 11.3. The van der Waals surface area contributed by atoms with Crippen molar-refractivity contribution in [1.29, 1.82) is 0 Å². The van der Waals surface area contributed by atoms with E-state index in [9.17, 15) is 9.90 Å². The second-order valence-corrected chi connectivity index (χ2v) is 6.42. The molecule has 1 aromatic carbocycles. The van der Waals surface area contributed by atoms with Crippen LogP contribution in [-0.4, -0.2) is 11.1 Å². The van der Waals surface area contributed by atoms with Gasteiger partial charge in [0, 0.05) is 15.4 Å². The zero-order valence-electron chi connectivity index (χ0n) is 11.0. The van der Waals surface area contributed by atoms with E-state index in [4.69, 9.17) is 0 Å². The fourth-order valence-corrected chi connectivity index (χ4v) is 3.81. The van der Waals surface area contributed by atoms with E-state index in [1.165, 1.54) is 0 Å². The molecule has 0 aliphatic heterocycles. The number of para-hydroxylation sites is 1. The first kappa shape index (κ1) is 13.9. The molecule has 0 unspecified atom stereocenters. The van der Waals surface area contributed by atoms with E-state index in [2.05, 4.69) is 17.4 Å². The predicted octanol–water partition coefficient (Wildman–Crippen LogP) is 4.71. The zero-order chi connectivity index (χ0) is 14.7. The summed E-state index contributed by atoms with van der Waals surface area (Å²) in [5.74, 6) is -0.922. The summed E-state index contributed by atoms with van der Waals surface area (Å²) >= 11 is 3.32. The van der Waals surface area contributed by atoms with Crippen molar-refractivity contribution in [2.24, 2.45) is 0 Å². The molecule has 0 aliphatic carbocycles. The number of aromatic carboxylic acids is 1. The van der Waals surface area contributed by atoms with Crippen molar-refractivity contribution in [2.45, 2.75) is 6.04 Å². The fraction of sp³-hybridized carbons (Fsp3) is 0.0625. The highest BCUT2D eigenvalue weighted by molar-refractivity contribution is 7.11. The Labute approximate surface area is 130 Å². The second-order valence-electron chi connectivity index (χ2n) is 4.46. The standard InChI is InChI=1S/C16H13NO2S2/c18-16(19)11-5-1-2-6-12(11)17-15(13-7-3-9-20-13)14-8-4-10-21-14/h1-10,15,17H,(H,18,19). The van der Waals surface area contributed by atoms with Gasteiger partial charge < -0.3 is 10.4 Å². The lowest BCUT2D eigenvalue weighted by molar-refractivity contribution is 0.0698. The minimum atomic E-state index is -0.922. The van der Waals surface area contributed by atoms with E-state index in [1.807, 2.05) is 29.0 Å². The normalized spacial score (nSPS) is 10.7. The molecule has 0 amide bonds. The van der Waals surface area contributed by atoms with Gasteiger partial charge in [-0.25, -0.2) is 4.79 Å². The third-order valence-electron chi connectivity index (χ3n) is 3.11. The SMILES string of the molecule is O=C(O)c1ccccc1NC(c1cccs1)c1cccs1. The molecule has 0 spiro atoms. The summed E-state index contributed by atoms with van der Waals surface area (Å²) in [4.78, 5) is 13.7. The van der Waals surface area contributed by atoms with Crippen LogP contribution in [0, 0.1) is 0 Å². The lowest BCUT2D eigenvalue weighted by atomic mass is 10.1. The molecule has 0 aliphatic rings. The van der Waals surface area contributed by atoms with Gasteiger partial charge in [0.15, 0.2) is 0 Å². The first-order chi connectivity index (χ1) is 10.3. The van der Waals surface area contributed by atoms with Crippen LogP contribution in [0.25, 0.3) is 0 Å². The Morgan fingerprint density at radius 3 is 2.10 bits per heavy atom. The average Bonchev–Trinajstić information content (AvgIpc) is 3.18. The Balaban J connectivity index is 1.98. The van der Waals surface area contributed by atoms with Gasteiger partial charge in [-0.05, 0) is 35.0 Å². The molecule has 5 heteroatoms. The summed E-state index contributed by atoms with van der Waals surface area (Å²) < 4.78 is 0. The van der Waals surface area contributed by atoms with Crippen molar-refractivity contribution in [1.82, 2.24) is 0 Å². The number of carbonyl (C=O) groups is 1. The van der Waals surface area contributed by atoms with Crippen molar-refractivity contribution >= 4 is 34.3 Å². The Morgan fingerprint density at radius 1 is 0.952 bits per heavy atom. The monoisotopic (exact) mass is 315 g/mol. The first-order valence-electron chi connectivity index (χ1n) is 6.41. The smallest absolute Gasteiger partial charge is 0.337 e. The summed E-state index contributed by atoms with van der Waals surface area (Å²) in [6.45, 7) is 0. The molecule has 0 fully saturated rings. The van der Waals surface area contributed by atoms with Gasteiger partial charge in [0.1, 0.15) is 0 Å². The average molecular weight is 315 g/mol. The number of anilines is 1. The molecule has 0 atom stereocenters. The molecule has 0 bridgehead atoms. The van der Waals surface area contributed by atoms with Crippen molar-refractivity contribution in [2.75, 3.05) is 5.32 Å². The molecule has 3 rings (SSSR count). The first-order valence-corrected chi connectivity index (χ1v) is 8.17. The van der Waals surface area contributed by atoms with E-state index < -0.39 is 5.97 Å².